The molecule has 0 fully saturated rings. The van der Waals surface area contributed by atoms with E-state index in [1.165, 1.54) is 0 Å². The van der Waals surface area contributed by atoms with E-state index in [1.807, 2.05) is 11.6 Å². The van der Waals surface area contributed by atoms with Gasteiger partial charge in [-0.15, -0.1) is 0 Å². The summed E-state index contributed by atoms with van der Waals surface area (Å²) in [5.74, 6) is -4.42. The number of esters is 1. The van der Waals surface area contributed by atoms with E-state index < -0.39 is 52.5 Å². The number of nitrogens with one attached hydrogen (secondary N) is 1. The van der Waals surface area contributed by atoms with E-state index in [9.17, 15) is 26.8 Å². The highest BCUT2D eigenvalue weighted by molar-refractivity contribution is 7.90. The summed E-state index contributed by atoms with van der Waals surface area (Å²) >= 11 is 0. The van der Waals surface area contributed by atoms with Crippen molar-refractivity contribution in [3.63, 3.8) is 0 Å². The van der Waals surface area contributed by atoms with Crippen LogP contribution >= 0.6 is 0 Å². The van der Waals surface area contributed by atoms with Gasteiger partial charge in [0.15, 0.2) is 0 Å². The number of amides is 1. The van der Waals surface area contributed by atoms with Crippen LogP contribution in [0.1, 0.15) is 46.5 Å². The monoisotopic (exact) mass is 357 g/mol. The highest BCUT2D eigenvalue weighted by Crippen LogP contribution is 2.13. The Bertz CT molecular complexity index is 482. The van der Waals surface area contributed by atoms with E-state index >= 15 is 0 Å². The van der Waals surface area contributed by atoms with Crippen molar-refractivity contribution in [2.24, 2.45) is 11.8 Å². The molecule has 0 heterocycles. The number of carbonyl (C=O) groups is 2. The molecule has 0 aliphatic rings. The predicted octanol–water partition coefficient (Wildman–Crippen LogP) is 2.09. The molecule has 23 heavy (non-hydrogen) atoms. The van der Waals surface area contributed by atoms with Crippen LogP contribution in [0, 0.1) is 11.8 Å². The first-order chi connectivity index (χ1) is 10.6. The van der Waals surface area contributed by atoms with Crippen molar-refractivity contribution in [2.45, 2.75) is 52.9 Å². The van der Waals surface area contributed by atoms with Crippen molar-refractivity contribution in [2.75, 3.05) is 12.4 Å². The van der Waals surface area contributed by atoms with Crippen LogP contribution in [0.25, 0.3) is 0 Å². The van der Waals surface area contributed by atoms with Gasteiger partial charge < -0.3 is 4.74 Å². The van der Waals surface area contributed by atoms with E-state index in [4.69, 9.17) is 0 Å². The van der Waals surface area contributed by atoms with Crippen LogP contribution in [-0.2, 0) is 24.3 Å². The minimum absolute atomic E-state index is 0.397. The van der Waals surface area contributed by atoms with Crippen molar-refractivity contribution in [1.29, 1.82) is 0 Å². The Labute approximate surface area is 136 Å². The lowest BCUT2D eigenvalue weighted by Gasteiger charge is -2.15. The minimum Gasteiger partial charge on any atom is -0.464 e. The Morgan fingerprint density at radius 3 is 2.30 bits per heavy atom. The molecule has 0 aliphatic carbocycles. The van der Waals surface area contributed by atoms with Gasteiger partial charge in [0.1, 0.15) is 18.3 Å². The number of alkyl halides is 2. The highest BCUT2D eigenvalue weighted by Gasteiger charge is 2.26. The molecule has 2 atom stereocenters. The summed E-state index contributed by atoms with van der Waals surface area (Å²) < 4.78 is 54.4. The summed E-state index contributed by atoms with van der Waals surface area (Å²) in [5.41, 5.74) is 0. The van der Waals surface area contributed by atoms with Crippen LogP contribution in [0.2, 0.25) is 0 Å². The second kappa shape index (κ2) is 10.5. The third-order valence-corrected chi connectivity index (χ3v) is 4.59. The van der Waals surface area contributed by atoms with Gasteiger partial charge in [-0.1, -0.05) is 26.7 Å². The molecule has 0 aliphatic heterocycles. The summed E-state index contributed by atoms with van der Waals surface area (Å²) in [7, 11) is -3.97. The quantitative estimate of drug-likeness (QED) is 0.572. The second-order valence-corrected chi connectivity index (χ2v) is 7.17. The smallest absolute Gasteiger partial charge is 0.314 e. The summed E-state index contributed by atoms with van der Waals surface area (Å²) in [5, 5.41) is 0. The van der Waals surface area contributed by atoms with Crippen molar-refractivity contribution in [3.05, 3.63) is 0 Å². The van der Waals surface area contributed by atoms with Gasteiger partial charge in [0, 0.05) is 5.92 Å². The molecule has 0 rings (SSSR count). The van der Waals surface area contributed by atoms with E-state index in [0.717, 1.165) is 19.8 Å². The first-order valence-corrected chi connectivity index (χ1v) is 9.28. The maximum Gasteiger partial charge on any atom is 0.314 e. The molecule has 0 radical (unpaired) electrons. The van der Waals surface area contributed by atoms with Gasteiger partial charge in [0.05, 0.1) is 0 Å². The predicted molar refractivity (Wildman–Crippen MR) is 81.4 cm³/mol. The van der Waals surface area contributed by atoms with E-state index in [-0.39, 0.29) is 0 Å². The highest BCUT2D eigenvalue weighted by atomic mass is 32.2. The summed E-state index contributed by atoms with van der Waals surface area (Å²) in [6.07, 6.45) is -0.0517. The molecule has 0 saturated heterocycles. The van der Waals surface area contributed by atoms with Gasteiger partial charge in [-0.25, -0.2) is 17.2 Å². The number of ether oxygens (including phenoxy) is 1. The van der Waals surface area contributed by atoms with Crippen LogP contribution in [-0.4, -0.2) is 39.1 Å². The standard InChI is InChI=1S/C14H25F2NO5S/c1-4-6-7-11(5-2)13(18)17-23(20,21)9-8-22-14(19)10(3)12(15)16/h10-12H,4-9H2,1-3H3,(H,17,18). The van der Waals surface area contributed by atoms with Gasteiger partial charge in [-0.3, -0.25) is 14.3 Å². The fourth-order valence-corrected chi connectivity index (χ4v) is 2.62. The Hall–Kier alpha value is -1.25. The maximum atomic E-state index is 12.3. The molecular formula is C14H25F2NO5S. The third kappa shape index (κ3) is 8.83. The first-order valence-electron chi connectivity index (χ1n) is 7.63. The molecule has 136 valence electrons. The topological polar surface area (TPSA) is 89.5 Å². The molecular weight excluding hydrogens is 332 g/mol. The number of carbonyl (C=O) groups excluding carboxylic acids is 2. The normalized spacial score (nSPS) is 14.3. The fraction of sp³-hybridized carbons (Fsp3) is 0.857. The van der Waals surface area contributed by atoms with Crippen LogP contribution < -0.4 is 4.72 Å². The zero-order chi connectivity index (χ0) is 18.0. The molecule has 0 aromatic heterocycles. The van der Waals surface area contributed by atoms with Gasteiger partial charge in [0.2, 0.25) is 15.9 Å². The van der Waals surface area contributed by atoms with E-state index in [0.29, 0.717) is 12.8 Å². The van der Waals surface area contributed by atoms with Crippen molar-refractivity contribution < 1.29 is 31.5 Å². The average Bonchev–Trinajstić information content (AvgIpc) is 2.46. The number of rotatable bonds is 11. The van der Waals surface area contributed by atoms with Crippen LogP contribution in [0.3, 0.4) is 0 Å². The van der Waals surface area contributed by atoms with E-state index in [2.05, 4.69) is 4.74 Å². The van der Waals surface area contributed by atoms with Gasteiger partial charge in [-0.2, -0.15) is 0 Å². The second-order valence-electron chi connectivity index (χ2n) is 5.32. The minimum atomic E-state index is -3.97. The molecule has 6 nitrogen and oxygen atoms in total. The maximum absolute atomic E-state index is 12.3. The van der Waals surface area contributed by atoms with Crippen LogP contribution in [0.15, 0.2) is 0 Å². The molecule has 0 spiro atoms. The summed E-state index contributed by atoms with van der Waals surface area (Å²) in [6.45, 7) is 4.17. The summed E-state index contributed by atoms with van der Waals surface area (Å²) in [4.78, 5) is 23.1. The number of halogens is 2. The third-order valence-electron chi connectivity index (χ3n) is 3.37. The molecule has 0 saturated carbocycles. The number of sulfonamides is 1. The largest absolute Gasteiger partial charge is 0.464 e. The zero-order valence-electron chi connectivity index (χ0n) is 13.7. The molecule has 1 amide bonds. The molecule has 2 unspecified atom stereocenters. The summed E-state index contributed by atoms with van der Waals surface area (Å²) in [6, 6.07) is 0. The Morgan fingerprint density at radius 1 is 1.22 bits per heavy atom. The van der Waals surface area contributed by atoms with E-state index in [1.54, 1.807) is 6.92 Å². The SMILES string of the molecule is CCCCC(CC)C(=O)NS(=O)(=O)CCOC(=O)C(C)C(F)F. The number of hydrogen-bond acceptors (Lipinski definition) is 5. The molecule has 1 N–H and O–H groups in total. The van der Waals surface area contributed by atoms with Gasteiger partial charge in [-0.05, 0) is 19.8 Å². The first kappa shape index (κ1) is 21.8. The van der Waals surface area contributed by atoms with Gasteiger partial charge in [0.25, 0.3) is 6.43 Å². The van der Waals surface area contributed by atoms with Gasteiger partial charge >= 0.3 is 5.97 Å². The molecule has 0 bridgehead atoms. The Morgan fingerprint density at radius 2 is 1.83 bits per heavy atom. The molecule has 0 aromatic rings. The van der Waals surface area contributed by atoms with Crippen LogP contribution in [0.4, 0.5) is 8.78 Å². The lowest BCUT2D eigenvalue weighted by molar-refractivity contribution is -0.152. The zero-order valence-corrected chi connectivity index (χ0v) is 14.5. The lowest BCUT2D eigenvalue weighted by Crippen LogP contribution is -2.38. The van der Waals surface area contributed by atoms with Crippen molar-refractivity contribution >= 4 is 21.9 Å². The molecule has 0 aromatic carbocycles. The van der Waals surface area contributed by atoms with Crippen LogP contribution in [0.5, 0.6) is 0 Å². The van der Waals surface area contributed by atoms with Crippen molar-refractivity contribution in [3.8, 4) is 0 Å². The lowest BCUT2D eigenvalue weighted by atomic mass is 9.99. The number of hydrogen-bond donors (Lipinski definition) is 1. The fourth-order valence-electron chi connectivity index (χ4n) is 1.75. The Kier molecular flexibility index (Phi) is 9.94. The number of unbranched alkanes of at least 4 members (excludes halogenated alkanes) is 1. The molecule has 9 heteroatoms. The Balaban J connectivity index is 4.38. The van der Waals surface area contributed by atoms with Crippen molar-refractivity contribution in [1.82, 2.24) is 4.72 Å². The average molecular weight is 357 g/mol.